The first-order chi connectivity index (χ1) is 16.2. The number of anilines is 1. The summed E-state index contributed by atoms with van der Waals surface area (Å²) in [5.41, 5.74) is 6.08. The molecule has 174 valence electrons. The van der Waals surface area contributed by atoms with Crippen molar-refractivity contribution in [1.82, 2.24) is 19.4 Å². The van der Waals surface area contributed by atoms with Crippen molar-refractivity contribution < 1.29 is 9.53 Å². The number of benzene rings is 1. The van der Waals surface area contributed by atoms with E-state index in [1.165, 1.54) is 36.2 Å². The number of ether oxygens (including phenoxy) is 1. The van der Waals surface area contributed by atoms with Gasteiger partial charge in [0.05, 0.1) is 17.8 Å². The maximum Gasteiger partial charge on any atom is 0.409 e. The van der Waals surface area contributed by atoms with Gasteiger partial charge >= 0.3 is 6.09 Å². The van der Waals surface area contributed by atoms with E-state index < -0.39 is 0 Å². The summed E-state index contributed by atoms with van der Waals surface area (Å²) in [7, 11) is 0. The lowest BCUT2D eigenvalue weighted by Gasteiger charge is -2.35. The van der Waals surface area contributed by atoms with Crippen LogP contribution in [0.5, 0.6) is 0 Å². The average Bonchev–Trinajstić information content (AvgIpc) is 3.52. The van der Waals surface area contributed by atoms with Gasteiger partial charge in [-0.1, -0.05) is 31.2 Å². The molecule has 0 N–H and O–H groups in total. The number of carbonyl (C=O) groups is 1. The molecule has 0 unspecified atom stereocenters. The Labute approximate surface area is 195 Å². The number of amides is 1. The Bertz CT molecular complexity index is 1100. The molecule has 7 heteroatoms. The molecule has 0 saturated carbocycles. The van der Waals surface area contributed by atoms with Crippen molar-refractivity contribution in [3.05, 3.63) is 54.4 Å². The van der Waals surface area contributed by atoms with Crippen molar-refractivity contribution in [2.24, 2.45) is 0 Å². The highest BCUT2D eigenvalue weighted by atomic mass is 16.6. The molecule has 0 aliphatic carbocycles. The van der Waals surface area contributed by atoms with Gasteiger partial charge in [-0.3, -0.25) is 0 Å². The van der Waals surface area contributed by atoms with Crippen LogP contribution in [0.2, 0.25) is 0 Å². The summed E-state index contributed by atoms with van der Waals surface area (Å²) in [5.74, 6) is 0.647. The Hall–Kier alpha value is -3.06. The van der Waals surface area contributed by atoms with Gasteiger partial charge in [0.2, 0.25) is 0 Å². The smallest absolute Gasteiger partial charge is 0.409 e. The minimum atomic E-state index is -0.217. The normalized spacial score (nSPS) is 19.4. The van der Waals surface area contributed by atoms with Gasteiger partial charge in [-0.2, -0.15) is 5.10 Å². The van der Waals surface area contributed by atoms with E-state index in [0.717, 1.165) is 30.8 Å². The van der Waals surface area contributed by atoms with Crippen LogP contribution >= 0.6 is 0 Å². The van der Waals surface area contributed by atoms with Crippen molar-refractivity contribution in [3.8, 4) is 11.1 Å². The van der Waals surface area contributed by atoms with Gasteiger partial charge in [-0.15, -0.1) is 0 Å². The van der Waals surface area contributed by atoms with Crippen molar-refractivity contribution in [2.45, 2.75) is 26.2 Å². The number of fused-ring (bicyclic) bond motifs is 1. The van der Waals surface area contributed by atoms with E-state index in [-0.39, 0.29) is 6.09 Å². The van der Waals surface area contributed by atoms with E-state index in [2.05, 4.69) is 64.4 Å². The van der Waals surface area contributed by atoms with Crippen LogP contribution in [0.3, 0.4) is 0 Å². The zero-order valence-corrected chi connectivity index (χ0v) is 19.6. The summed E-state index contributed by atoms with van der Waals surface area (Å²) in [6.07, 6.45) is 4.99. The van der Waals surface area contributed by atoms with Crippen molar-refractivity contribution in [1.29, 1.82) is 0 Å². The lowest BCUT2D eigenvalue weighted by Crippen LogP contribution is -2.49. The van der Waals surface area contributed by atoms with E-state index in [0.29, 0.717) is 25.6 Å². The molecule has 2 saturated heterocycles. The number of rotatable bonds is 5. The third-order valence-corrected chi connectivity index (χ3v) is 7.07. The number of nitrogens with zero attached hydrogens (tertiary/aromatic N) is 5. The van der Waals surface area contributed by atoms with Crippen LogP contribution in [-0.4, -0.2) is 77.9 Å². The summed E-state index contributed by atoms with van der Waals surface area (Å²) < 4.78 is 7.11. The number of likely N-dealkylation sites (tertiary alicyclic amines) is 1. The summed E-state index contributed by atoms with van der Waals surface area (Å²) in [6, 6.07) is 13.4. The van der Waals surface area contributed by atoms with Crippen LogP contribution in [0.25, 0.3) is 16.6 Å². The SMILES string of the molecule is CCOC(=O)N1CCN(c2ccnn3cc(-c4ccc([C@@H]5CCN(CC)C5)cc4)cc23)CC1. The standard InChI is InChI=1S/C26H33N5O2/c1-3-28-12-10-22(18-28)20-5-7-21(8-6-20)23-17-25-24(9-11-27-31(25)19-23)29-13-15-30(16-14-29)26(32)33-4-2/h5-9,11,17,19,22H,3-4,10,12-16,18H2,1-2H3/t22-/m1/s1. The van der Waals surface area contributed by atoms with E-state index in [1.54, 1.807) is 4.90 Å². The van der Waals surface area contributed by atoms with E-state index in [4.69, 9.17) is 4.74 Å². The van der Waals surface area contributed by atoms with Gasteiger partial charge < -0.3 is 19.4 Å². The van der Waals surface area contributed by atoms with Crippen LogP contribution in [-0.2, 0) is 4.74 Å². The minimum absolute atomic E-state index is 0.217. The number of piperazine rings is 1. The zero-order chi connectivity index (χ0) is 22.8. The van der Waals surface area contributed by atoms with Gasteiger partial charge in [0.1, 0.15) is 0 Å². The molecule has 2 aromatic heterocycles. The number of hydrogen-bond donors (Lipinski definition) is 0. The molecule has 0 radical (unpaired) electrons. The molecular weight excluding hydrogens is 414 g/mol. The van der Waals surface area contributed by atoms with Crippen LogP contribution < -0.4 is 4.90 Å². The fourth-order valence-corrected chi connectivity index (χ4v) is 5.11. The molecule has 0 bridgehead atoms. The number of hydrogen-bond acceptors (Lipinski definition) is 5. The third kappa shape index (κ3) is 4.42. The molecule has 2 aliphatic heterocycles. The molecule has 1 aromatic carbocycles. The molecule has 1 atom stereocenters. The van der Waals surface area contributed by atoms with Gasteiger partial charge in [0.25, 0.3) is 0 Å². The summed E-state index contributed by atoms with van der Waals surface area (Å²) in [5, 5.41) is 4.55. The first-order valence-corrected chi connectivity index (χ1v) is 12.1. The van der Waals surface area contributed by atoms with Crippen LogP contribution in [0, 0.1) is 0 Å². The molecule has 7 nitrogen and oxygen atoms in total. The monoisotopic (exact) mass is 447 g/mol. The molecule has 33 heavy (non-hydrogen) atoms. The molecule has 2 aliphatic rings. The van der Waals surface area contributed by atoms with Crippen molar-refractivity contribution in [3.63, 3.8) is 0 Å². The second kappa shape index (κ2) is 9.43. The Morgan fingerprint density at radius 2 is 1.82 bits per heavy atom. The van der Waals surface area contributed by atoms with Gasteiger partial charge in [-0.05, 0) is 55.6 Å². The number of likely N-dealkylation sites (N-methyl/N-ethyl adjacent to an activating group) is 1. The largest absolute Gasteiger partial charge is 0.450 e. The molecule has 0 spiro atoms. The Kier molecular flexibility index (Phi) is 6.22. The van der Waals surface area contributed by atoms with E-state index in [9.17, 15) is 4.79 Å². The van der Waals surface area contributed by atoms with E-state index in [1.807, 2.05) is 17.6 Å². The molecule has 3 aromatic rings. The topological polar surface area (TPSA) is 53.3 Å². The predicted octanol–water partition coefficient (Wildman–Crippen LogP) is 4.09. The van der Waals surface area contributed by atoms with Crippen molar-refractivity contribution in [2.75, 3.05) is 57.3 Å². The predicted molar refractivity (Wildman–Crippen MR) is 131 cm³/mol. The highest BCUT2D eigenvalue weighted by molar-refractivity contribution is 5.80. The molecule has 5 rings (SSSR count). The van der Waals surface area contributed by atoms with Crippen LogP contribution in [0.4, 0.5) is 10.5 Å². The highest BCUT2D eigenvalue weighted by Crippen LogP contribution is 2.31. The van der Waals surface area contributed by atoms with Crippen LogP contribution in [0.1, 0.15) is 31.7 Å². The van der Waals surface area contributed by atoms with Gasteiger partial charge in [0, 0.05) is 50.7 Å². The third-order valence-electron chi connectivity index (χ3n) is 7.07. The fourth-order valence-electron chi connectivity index (χ4n) is 5.11. The Morgan fingerprint density at radius 1 is 1.03 bits per heavy atom. The Morgan fingerprint density at radius 3 is 2.52 bits per heavy atom. The summed E-state index contributed by atoms with van der Waals surface area (Å²) in [6.45, 7) is 10.9. The zero-order valence-electron chi connectivity index (χ0n) is 19.6. The second-order valence-corrected chi connectivity index (χ2v) is 8.95. The fraction of sp³-hybridized carbons (Fsp3) is 0.462. The van der Waals surface area contributed by atoms with Gasteiger partial charge in [0.15, 0.2) is 0 Å². The number of aromatic nitrogens is 2. The van der Waals surface area contributed by atoms with Gasteiger partial charge in [-0.25, -0.2) is 9.31 Å². The second-order valence-electron chi connectivity index (χ2n) is 8.95. The minimum Gasteiger partial charge on any atom is -0.450 e. The molecule has 4 heterocycles. The summed E-state index contributed by atoms with van der Waals surface area (Å²) in [4.78, 5) is 18.7. The maximum absolute atomic E-state index is 12.0. The van der Waals surface area contributed by atoms with Crippen LogP contribution in [0.15, 0.2) is 48.8 Å². The van der Waals surface area contributed by atoms with E-state index >= 15 is 0 Å². The molecule has 1 amide bonds. The summed E-state index contributed by atoms with van der Waals surface area (Å²) >= 11 is 0. The highest BCUT2D eigenvalue weighted by Gasteiger charge is 2.24. The first-order valence-electron chi connectivity index (χ1n) is 12.1. The first kappa shape index (κ1) is 21.8. The quantitative estimate of drug-likeness (QED) is 0.590. The van der Waals surface area contributed by atoms with Crippen molar-refractivity contribution >= 4 is 17.3 Å². The number of carbonyl (C=O) groups excluding carboxylic acids is 1. The Balaban J connectivity index is 1.33. The molecular formula is C26H33N5O2. The lowest BCUT2D eigenvalue weighted by molar-refractivity contribution is 0.105. The molecule has 2 fully saturated rings. The maximum atomic E-state index is 12.0. The lowest BCUT2D eigenvalue weighted by atomic mass is 9.96. The average molecular weight is 448 g/mol.